The number of methoxy groups -OCH3 is 2. The minimum atomic E-state index is -3.59. The van der Waals surface area contributed by atoms with Crippen LogP contribution in [0, 0.1) is 0 Å². The van der Waals surface area contributed by atoms with Crippen LogP contribution in [0.25, 0.3) is 0 Å². The van der Waals surface area contributed by atoms with Crippen molar-refractivity contribution >= 4 is 26.0 Å². The maximum atomic E-state index is 13.2. The summed E-state index contributed by atoms with van der Waals surface area (Å²) in [6, 6.07) is 12.3. The van der Waals surface area contributed by atoms with Crippen molar-refractivity contribution in [1.82, 2.24) is 4.31 Å². The van der Waals surface area contributed by atoms with Crippen LogP contribution in [0.2, 0.25) is 0 Å². The number of sulfonamides is 1. The van der Waals surface area contributed by atoms with Crippen LogP contribution in [-0.2, 0) is 10.0 Å². The lowest BCUT2D eigenvalue weighted by molar-refractivity contribution is 0.351. The molecule has 134 valence electrons. The molecule has 1 aliphatic rings. The average molecular weight is 426 g/mol. The third kappa shape index (κ3) is 3.41. The largest absolute Gasteiger partial charge is 0.493 e. The molecule has 1 fully saturated rings. The van der Waals surface area contributed by atoms with Gasteiger partial charge in [-0.15, -0.1) is 0 Å². The molecule has 0 amide bonds. The van der Waals surface area contributed by atoms with E-state index in [1.807, 2.05) is 18.2 Å². The van der Waals surface area contributed by atoms with Gasteiger partial charge in [-0.25, -0.2) is 8.42 Å². The third-order valence-corrected chi connectivity index (χ3v) is 7.34. The molecule has 0 aromatic heterocycles. The summed E-state index contributed by atoms with van der Waals surface area (Å²) in [6.07, 6.45) is 1.60. The zero-order valence-corrected chi connectivity index (χ0v) is 16.5. The van der Waals surface area contributed by atoms with E-state index in [0.29, 0.717) is 27.4 Å². The number of rotatable bonds is 5. The highest BCUT2D eigenvalue weighted by atomic mass is 79.9. The number of hydrogen-bond acceptors (Lipinski definition) is 4. The zero-order valence-electron chi connectivity index (χ0n) is 14.1. The minimum absolute atomic E-state index is 0.211. The van der Waals surface area contributed by atoms with E-state index in [4.69, 9.17) is 9.47 Å². The molecule has 1 atom stereocenters. The smallest absolute Gasteiger partial charge is 0.244 e. The van der Waals surface area contributed by atoms with Crippen LogP contribution in [0.3, 0.4) is 0 Å². The topological polar surface area (TPSA) is 55.8 Å². The van der Waals surface area contributed by atoms with Crippen molar-refractivity contribution in [1.29, 1.82) is 0 Å². The van der Waals surface area contributed by atoms with E-state index >= 15 is 0 Å². The highest BCUT2D eigenvalue weighted by molar-refractivity contribution is 9.10. The number of nitrogens with zero attached hydrogens (tertiary/aromatic N) is 1. The van der Waals surface area contributed by atoms with Gasteiger partial charge in [0, 0.05) is 11.0 Å². The van der Waals surface area contributed by atoms with Crippen molar-refractivity contribution in [2.45, 2.75) is 23.8 Å². The maximum absolute atomic E-state index is 13.2. The van der Waals surface area contributed by atoms with Gasteiger partial charge in [0.05, 0.1) is 25.2 Å². The molecular formula is C18H20BrNO4S. The van der Waals surface area contributed by atoms with Crippen molar-refractivity contribution in [3.8, 4) is 11.5 Å². The molecule has 0 bridgehead atoms. The Bertz CT molecular complexity index is 869. The summed E-state index contributed by atoms with van der Waals surface area (Å²) in [4.78, 5) is 0.294. The summed E-state index contributed by atoms with van der Waals surface area (Å²) >= 11 is 3.35. The molecule has 3 rings (SSSR count). The quantitative estimate of drug-likeness (QED) is 0.726. The fourth-order valence-corrected chi connectivity index (χ4v) is 5.85. The first kappa shape index (κ1) is 18.2. The lowest BCUT2D eigenvalue weighted by atomic mass is 10.0. The Hall–Kier alpha value is -1.57. The molecule has 0 aliphatic carbocycles. The Kier molecular flexibility index (Phi) is 5.36. The Morgan fingerprint density at radius 2 is 1.80 bits per heavy atom. The minimum Gasteiger partial charge on any atom is -0.493 e. The van der Waals surface area contributed by atoms with E-state index in [0.717, 1.165) is 18.4 Å². The van der Waals surface area contributed by atoms with Crippen LogP contribution in [0.4, 0.5) is 0 Å². The summed E-state index contributed by atoms with van der Waals surface area (Å²) in [5, 5.41) is 0. The van der Waals surface area contributed by atoms with Crippen LogP contribution in [0.1, 0.15) is 24.4 Å². The first-order valence-electron chi connectivity index (χ1n) is 7.97. The van der Waals surface area contributed by atoms with Gasteiger partial charge in [-0.2, -0.15) is 4.31 Å². The molecule has 0 spiro atoms. The normalized spacial score (nSPS) is 18.3. The molecule has 0 N–H and O–H groups in total. The van der Waals surface area contributed by atoms with Crippen LogP contribution in [0.5, 0.6) is 11.5 Å². The van der Waals surface area contributed by atoms with Crippen LogP contribution in [0.15, 0.2) is 51.8 Å². The van der Waals surface area contributed by atoms with E-state index < -0.39 is 10.0 Å². The zero-order chi connectivity index (χ0) is 18.0. The van der Waals surface area contributed by atoms with Gasteiger partial charge in [-0.05, 0) is 58.6 Å². The van der Waals surface area contributed by atoms with Gasteiger partial charge >= 0.3 is 0 Å². The molecule has 1 unspecified atom stereocenters. The van der Waals surface area contributed by atoms with Gasteiger partial charge in [0.2, 0.25) is 10.0 Å². The summed E-state index contributed by atoms with van der Waals surface area (Å²) in [6.45, 7) is 0.503. The van der Waals surface area contributed by atoms with Crippen LogP contribution >= 0.6 is 15.9 Å². The van der Waals surface area contributed by atoms with Gasteiger partial charge in [0.1, 0.15) is 0 Å². The van der Waals surface area contributed by atoms with Crippen molar-refractivity contribution in [3.05, 3.63) is 52.5 Å². The Morgan fingerprint density at radius 3 is 2.48 bits per heavy atom. The first-order chi connectivity index (χ1) is 12.0. The highest BCUT2D eigenvalue weighted by Crippen LogP contribution is 2.40. The van der Waals surface area contributed by atoms with Gasteiger partial charge in [0.15, 0.2) is 11.5 Å². The van der Waals surface area contributed by atoms with Crippen LogP contribution < -0.4 is 9.47 Å². The van der Waals surface area contributed by atoms with E-state index in [2.05, 4.69) is 15.9 Å². The molecule has 1 saturated heterocycles. The first-order valence-corrected chi connectivity index (χ1v) is 10.2. The van der Waals surface area contributed by atoms with E-state index in [1.165, 1.54) is 0 Å². The lowest BCUT2D eigenvalue weighted by Gasteiger charge is -2.25. The summed E-state index contributed by atoms with van der Waals surface area (Å²) in [7, 11) is -0.432. The van der Waals surface area contributed by atoms with Crippen molar-refractivity contribution in [3.63, 3.8) is 0 Å². The second kappa shape index (κ2) is 7.35. The molecule has 2 aromatic rings. The van der Waals surface area contributed by atoms with Crippen molar-refractivity contribution in [2.24, 2.45) is 0 Å². The monoisotopic (exact) mass is 425 g/mol. The Morgan fingerprint density at radius 1 is 1.08 bits per heavy atom. The summed E-state index contributed by atoms with van der Waals surface area (Å²) in [5.41, 5.74) is 0.908. The maximum Gasteiger partial charge on any atom is 0.244 e. The van der Waals surface area contributed by atoms with E-state index in [9.17, 15) is 8.42 Å². The van der Waals surface area contributed by atoms with Gasteiger partial charge in [-0.1, -0.05) is 18.2 Å². The fraction of sp³-hybridized carbons (Fsp3) is 0.333. The lowest BCUT2D eigenvalue weighted by Crippen LogP contribution is -2.31. The second-order valence-electron chi connectivity index (χ2n) is 5.82. The number of ether oxygens (including phenoxy) is 2. The summed E-state index contributed by atoms with van der Waals surface area (Å²) in [5.74, 6) is 1.23. The second-order valence-corrected chi connectivity index (χ2v) is 8.53. The van der Waals surface area contributed by atoms with Crippen molar-refractivity contribution in [2.75, 3.05) is 20.8 Å². The molecule has 25 heavy (non-hydrogen) atoms. The molecule has 7 heteroatoms. The predicted octanol–water partition coefficient (Wildman–Crippen LogP) is 3.99. The fourth-order valence-electron chi connectivity index (χ4n) is 3.20. The summed E-state index contributed by atoms with van der Waals surface area (Å²) < 4.78 is 39.1. The van der Waals surface area contributed by atoms with E-state index in [-0.39, 0.29) is 6.04 Å². The van der Waals surface area contributed by atoms with Gasteiger partial charge in [-0.3, -0.25) is 0 Å². The number of hydrogen-bond donors (Lipinski definition) is 0. The van der Waals surface area contributed by atoms with Crippen molar-refractivity contribution < 1.29 is 17.9 Å². The highest BCUT2D eigenvalue weighted by Gasteiger charge is 2.37. The van der Waals surface area contributed by atoms with Gasteiger partial charge in [0.25, 0.3) is 0 Å². The Labute approximate surface area is 156 Å². The van der Waals surface area contributed by atoms with E-state index in [1.54, 1.807) is 42.8 Å². The standard InChI is InChI=1S/C18H20BrNO4S/c1-23-16-10-9-13(12-17(16)24-2)15-7-5-11-20(15)25(21,22)18-8-4-3-6-14(18)19/h3-4,6,8-10,12,15H,5,7,11H2,1-2H3. The predicted molar refractivity (Wildman–Crippen MR) is 99.6 cm³/mol. The average Bonchev–Trinajstić information content (AvgIpc) is 3.12. The molecule has 1 aliphatic heterocycles. The third-order valence-electron chi connectivity index (χ3n) is 4.42. The number of halogens is 1. The molecule has 0 radical (unpaired) electrons. The SMILES string of the molecule is COc1ccc(C2CCCN2S(=O)(=O)c2ccccc2Br)cc1OC. The molecule has 2 aromatic carbocycles. The molecular weight excluding hydrogens is 406 g/mol. The molecule has 5 nitrogen and oxygen atoms in total. The molecule has 1 heterocycles. The van der Waals surface area contributed by atoms with Crippen LogP contribution in [-0.4, -0.2) is 33.5 Å². The Balaban J connectivity index is 2.00. The van der Waals surface area contributed by atoms with Gasteiger partial charge < -0.3 is 9.47 Å². The number of benzene rings is 2. The molecule has 0 saturated carbocycles.